The summed E-state index contributed by atoms with van der Waals surface area (Å²) in [4.78, 5) is 1.92. The second-order valence-corrected chi connectivity index (χ2v) is 7.12. The highest BCUT2D eigenvalue weighted by Crippen LogP contribution is 2.40. The first-order valence-electron chi connectivity index (χ1n) is 8.19. The average molecular weight is 355 g/mol. The molecule has 0 spiro atoms. The summed E-state index contributed by atoms with van der Waals surface area (Å²) in [6.45, 7) is 9.75. The second-order valence-electron chi connectivity index (χ2n) is 7.12. The first-order valence-corrected chi connectivity index (χ1v) is 8.19. The Morgan fingerprint density at radius 3 is 1.63 bits per heavy atom. The van der Waals surface area contributed by atoms with Crippen molar-refractivity contribution in [2.75, 3.05) is 19.0 Å². The van der Waals surface area contributed by atoms with E-state index in [1.807, 2.05) is 76.2 Å². The van der Waals surface area contributed by atoms with Gasteiger partial charge in [0, 0.05) is 30.9 Å². The van der Waals surface area contributed by atoms with Gasteiger partial charge in [-0.25, -0.2) is 0 Å². The van der Waals surface area contributed by atoms with Gasteiger partial charge in [0.1, 0.15) is 35.4 Å². The molecule has 0 unspecified atom stereocenters. The summed E-state index contributed by atoms with van der Waals surface area (Å²) < 4.78 is 0. The molecule has 0 aliphatic carbocycles. The van der Waals surface area contributed by atoms with Crippen molar-refractivity contribution in [3.63, 3.8) is 0 Å². The monoisotopic (exact) mass is 355 g/mol. The van der Waals surface area contributed by atoms with Crippen LogP contribution in [0.1, 0.15) is 26.3 Å². The average Bonchev–Trinajstić information content (AvgIpc) is 2.63. The molecule has 0 amide bonds. The molecular weight excluding hydrogens is 334 g/mol. The van der Waals surface area contributed by atoms with Crippen molar-refractivity contribution in [3.05, 3.63) is 58.7 Å². The summed E-state index contributed by atoms with van der Waals surface area (Å²) in [5.41, 5.74) is 1.69. The van der Waals surface area contributed by atoms with Crippen LogP contribution in [0.25, 0.3) is 5.57 Å². The topological polar surface area (TPSA) is 98.4 Å². The summed E-state index contributed by atoms with van der Waals surface area (Å²) in [6.07, 6.45) is 0. The van der Waals surface area contributed by atoms with Crippen LogP contribution in [0.3, 0.4) is 0 Å². The maximum absolute atomic E-state index is 9.50. The molecule has 0 radical (unpaired) electrons. The van der Waals surface area contributed by atoms with E-state index in [-0.39, 0.29) is 22.3 Å². The number of nitrogens with zero attached hydrogens (tertiary/aromatic N) is 5. The molecular formula is C22H21N5. The van der Waals surface area contributed by atoms with E-state index in [2.05, 4.69) is 6.58 Å². The van der Waals surface area contributed by atoms with Crippen LogP contribution in [-0.4, -0.2) is 14.1 Å². The molecule has 0 bridgehead atoms. The highest BCUT2D eigenvalue weighted by molar-refractivity contribution is 5.92. The highest BCUT2D eigenvalue weighted by Gasteiger charge is 2.27. The quantitative estimate of drug-likeness (QED) is 0.585. The SMILES string of the molecule is C=C(C(=C(C#N)C#N)C(=C(C#N)C#N)c1ccc(N(C)C)cc1)C(C)(C)C. The van der Waals surface area contributed by atoms with Crippen LogP contribution in [0.2, 0.25) is 0 Å². The molecule has 134 valence electrons. The van der Waals surface area contributed by atoms with Crippen molar-refractivity contribution in [3.8, 4) is 24.3 Å². The van der Waals surface area contributed by atoms with Crippen LogP contribution in [0.4, 0.5) is 5.69 Å². The van der Waals surface area contributed by atoms with Crippen LogP contribution < -0.4 is 4.90 Å². The number of hydrogen-bond acceptors (Lipinski definition) is 5. The Balaban J connectivity index is 3.97. The van der Waals surface area contributed by atoms with Crippen LogP contribution in [0, 0.1) is 50.7 Å². The Hall–Kier alpha value is -3.80. The predicted molar refractivity (Wildman–Crippen MR) is 106 cm³/mol. The lowest BCUT2D eigenvalue weighted by Crippen LogP contribution is -2.14. The number of allylic oxidation sites excluding steroid dienone is 5. The van der Waals surface area contributed by atoms with Gasteiger partial charge in [0.2, 0.25) is 0 Å². The lowest BCUT2D eigenvalue weighted by Gasteiger charge is -2.26. The van der Waals surface area contributed by atoms with Gasteiger partial charge in [-0.05, 0) is 28.7 Å². The van der Waals surface area contributed by atoms with Crippen molar-refractivity contribution in [2.45, 2.75) is 20.8 Å². The van der Waals surface area contributed by atoms with Gasteiger partial charge in [0.25, 0.3) is 0 Å². The molecule has 1 rings (SSSR count). The summed E-state index contributed by atoms with van der Waals surface area (Å²) in [6, 6.07) is 14.8. The van der Waals surface area contributed by atoms with E-state index in [1.54, 1.807) is 12.1 Å². The van der Waals surface area contributed by atoms with E-state index in [0.29, 0.717) is 11.1 Å². The lowest BCUT2D eigenvalue weighted by molar-refractivity contribution is 0.515. The zero-order chi connectivity index (χ0) is 20.8. The predicted octanol–water partition coefficient (Wildman–Crippen LogP) is 4.50. The Morgan fingerprint density at radius 2 is 1.30 bits per heavy atom. The number of benzene rings is 1. The van der Waals surface area contributed by atoms with Gasteiger partial charge in [-0.3, -0.25) is 0 Å². The maximum atomic E-state index is 9.50. The maximum Gasteiger partial charge on any atom is 0.138 e. The standard InChI is InChI=1S/C22H21N5/c1-15(22(2,3)4)20(17(11-23)12-24)21(18(13-25)14-26)16-7-9-19(10-8-16)27(5)6/h7-10H,1H2,2-6H3. The van der Waals surface area contributed by atoms with Gasteiger partial charge in [-0.2, -0.15) is 21.0 Å². The Kier molecular flexibility index (Phi) is 6.71. The largest absolute Gasteiger partial charge is 0.378 e. The van der Waals surface area contributed by atoms with Gasteiger partial charge >= 0.3 is 0 Å². The second kappa shape index (κ2) is 8.53. The molecule has 5 heteroatoms. The van der Waals surface area contributed by atoms with E-state index < -0.39 is 5.41 Å². The first-order chi connectivity index (χ1) is 12.6. The Morgan fingerprint density at radius 1 is 0.852 bits per heavy atom. The molecule has 0 aliphatic heterocycles. The number of anilines is 1. The van der Waals surface area contributed by atoms with Crippen LogP contribution in [0.15, 0.2) is 53.1 Å². The minimum Gasteiger partial charge on any atom is -0.378 e. The zero-order valence-electron chi connectivity index (χ0n) is 16.3. The minimum absolute atomic E-state index is 0.170. The molecule has 0 heterocycles. The van der Waals surface area contributed by atoms with Crippen molar-refractivity contribution >= 4 is 11.3 Å². The molecule has 0 aromatic heterocycles. The van der Waals surface area contributed by atoms with Crippen molar-refractivity contribution in [1.29, 1.82) is 21.0 Å². The third kappa shape index (κ3) is 4.64. The summed E-state index contributed by atoms with van der Waals surface area (Å²) in [5.74, 6) is 0. The zero-order valence-corrected chi connectivity index (χ0v) is 16.3. The van der Waals surface area contributed by atoms with Gasteiger partial charge < -0.3 is 4.90 Å². The number of hydrogen-bond donors (Lipinski definition) is 0. The van der Waals surface area contributed by atoms with Gasteiger partial charge in [0.15, 0.2) is 0 Å². The van der Waals surface area contributed by atoms with Crippen molar-refractivity contribution in [2.24, 2.45) is 5.41 Å². The van der Waals surface area contributed by atoms with Gasteiger partial charge in [-0.15, -0.1) is 0 Å². The molecule has 27 heavy (non-hydrogen) atoms. The van der Waals surface area contributed by atoms with E-state index in [4.69, 9.17) is 0 Å². The van der Waals surface area contributed by atoms with Crippen molar-refractivity contribution < 1.29 is 0 Å². The normalized spacial score (nSPS) is 9.67. The minimum atomic E-state index is -0.473. The molecule has 1 aromatic carbocycles. The van der Waals surface area contributed by atoms with E-state index in [9.17, 15) is 21.0 Å². The lowest BCUT2D eigenvalue weighted by atomic mass is 9.76. The smallest absolute Gasteiger partial charge is 0.138 e. The van der Waals surface area contributed by atoms with E-state index in [1.165, 1.54) is 0 Å². The molecule has 0 fully saturated rings. The van der Waals surface area contributed by atoms with Gasteiger partial charge in [0.05, 0.1) is 0 Å². The van der Waals surface area contributed by atoms with E-state index in [0.717, 1.165) is 5.69 Å². The summed E-state index contributed by atoms with van der Waals surface area (Å²) >= 11 is 0. The fourth-order valence-corrected chi connectivity index (χ4v) is 2.42. The molecule has 0 aliphatic rings. The fourth-order valence-electron chi connectivity index (χ4n) is 2.42. The third-order valence-corrected chi connectivity index (χ3v) is 4.08. The number of nitriles is 4. The van der Waals surface area contributed by atoms with Crippen LogP contribution in [-0.2, 0) is 0 Å². The first kappa shape index (κ1) is 21.2. The molecule has 0 saturated heterocycles. The van der Waals surface area contributed by atoms with Crippen LogP contribution >= 0.6 is 0 Å². The Labute approximate surface area is 161 Å². The molecule has 0 N–H and O–H groups in total. The Bertz CT molecular complexity index is 938. The van der Waals surface area contributed by atoms with Crippen molar-refractivity contribution in [1.82, 2.24) is 0 Å². The van der Waals surface area contributed by atoms with E-state index >= 15 is 0 Å². The highest BCUT2D eigenvalue weighted by atomic mass is 15.1. The summed E-state index contributed by atoms with van der Waals surface area (Å²) in [7, 11) is 3.80. The van der Waals surface area contributed by atoms with Gasteiger partial charge in [-0.1, -0.05) is 39.5 Å². The number of rotatable bonds is 4. The summed E-state index contributed by atoms with van der Waals surface area (Å²) in [5, 5.41) is 38.0. The molecule has 0 saturated carbocycles. The fraction of sp³-hybridized carbons (Fsp3) is 0.273. The third-order valence-electron chi connectivity index (χ3n) is 4.08. The molecule has 0 atom stereocenters. The molecule has 1 aromatic rings. The van der Waals surface area contributed by atoms with Crippen LogP contribution in [0.5, 0.6) is 0 Å². The molecule has 5 nitrogen and oxygen atoms in total.